The Bertz CT molecular complexity index is 1710. The van der Waals surface area contributed by atoms with Crippen LogP contribution in [0, 0.1) is 11.6 Å². The smallest absolute Gasteiger partial charge is 0.330 e. The number of ether oxygens (including phenoxy) is 2. The summed E-state index contributed by atoms with van der Waals surface area (Å²) in [7, 11) is -4.96. The fourth-order valence-corrected chi connectivity index (χ4v) is 10.8. The van der Waals surface area contributed by atoms with E-state index >= 15 is 0 Å². The number of aromatic nitrogens is 4. The lowest BCUT2D eigenvalue weighted by molar-refractivity contribution is -0.0765. The predicted octanol–water partition coefficient (Wildman–Crippen LogP) is 1.47. The molecule has 4 heterocycles. The Morgan fingerprint density at radius 3 is 1.75 bits per heavy atom. The molecule has 0 radical (unpaired) electrons. The highest BCUT2D eigenvalue weighted by molar-refractivity contribution is 6.84. The molecule has 2 aliphatic rings. The van der Waals surface area contributed by atoms with Gasteiger partial charge in [-0.1, -0.05) is 67.7 Å². The summed E-state index contributed by atoms with van der Waals surface area (Å²) < 4.78 is 40.2. The van der Waals surface area contributed by atoms with Gasteiger partial charge >= 0.3 is 11.4 Å². The van der Waals surface area contributed by atoms with E-state index in [1.54, 1.807) is 4.98 Å². The number of aliphatic hydroxyl groups excluding tert-OH is 3. The SMILES string of the molecule is CC(C)(C)[Si](C)(C)C(O)[C@H]1O[C@@H](n2cc(F)c(=O)[nH]c2=O)C[C@@]1(O)[Si](C)(C)C(C)(C)C.O=c1[nH]c(=O)n([C@H]2C[C@H](O)[C@@H](CO)O2)cc1F. The van der Waals surface area contributed by atoms with Crippen molar-refractivity contribution in [3.63, 3.8) is 0 Å². The molecule has 48 heavy (non-hydrogen) atoms. The third-order valence-electron chi connectivity index (χ3n) is 11.0. The van der Waals surface area contributed by atoms with E-state index in [-0.39, 0.29) is 22.9 Å². The van der Waals surface area contributed by atoms with E-state index in [4.69, 9.17) is 14.6 Å². The minimum absolute atomic E-state index is 0.0330. The second kappa shape index (κ2) is 13.6. The van der Waals surface area contributed by atoms with Gasteiger partial charge in [0, 0.05) is 12.8 Å². The summed E-state index contributed by atoms with van der Waals surface area (Å²) in [4.78, 5) is 49.8. The molecule has 2 aromatic rings. The van der Waals surface area contributed by atoms with Crippen LogP contribution >= 0.6 is 0 Å². The third kappa shape index (κ3) is 7.30. The van der Waals surface area contributed by atoms with E-state index in [0.29, 0.717) is 0 Å². The molecule has 0 saturated carbocycles. The number of aromatic amines is 2. The Hall–Kier alpha value is -2.59. The average molecular weight is 721 g/mol. The number of aliphatic hydroxyl groups is 4. The molecule has 4 rings (SSSR count). The Kier molecular flexibility index (Phi) is 11.3. The Balaban J connectivity index is 0.000000308. The molecule has 0 aromatic carbocycles. The molecule has 6 N–H and O–H groups in total. The van der Waals surface area contributed by atoms with Crippen molar-refractivity contribution in [3.8, 4) is 0 Å². The number of hydrogen-bond acceptors (Lipinski definition) is 10. The van der Waals surface area contributed by atoms with Crippen LogP contribution in [0.1, 0.15) is 66.8 Å². The van der Waals surface area contributed by atoms with Crippen LogP contribution < -0.4 is 22.5 Å². The second-order valence-electron chi connectivity index (χ2n) is 15.8. The van der Waals surface area contributed by atoms with Crippen molar-refractivity contribution in [2.75, 3.05) is 6.61 Å². The van der Waals surface area contributed by atoms with Crippen LogP contribution in [0.4, 0.5) is 8.78 Å². The first-order valence-electron chi connectivity index (χ1n) is 15.7. The van der Waals surface area contributed by atoms with Gasteiger partial charge in [0.1, 0.15) is 24.7 Å². The number of halogens is 2. The summed E-state index contributed by atoms with van der Waals surface area (Å²) in [5.41, 5.74) is -4.76. The molecule has 2 aliphatic heterocycles. The summed E-state index contributed by atoms with van der Waals surface area (Å²) in [6.45, 7) is 20.2. The normalized spacial score (nSPS) is 27.5. The van der Waals surface area contributed by atoms with Gasteiger partial charge in [0.25, 0.3) is 11.1 Å². The van der Waals surface area contributed by atoms with Crippen molar-refractivity contribution in [1.29, 1.82) is 0 Å². The lowest BCUT2D eigenvalue weighted by atomic mass is 10.1. The Morgan fingerprint density at radius 1 is 0.896 bits per heavy atom. The highest BCUT2D eigenvalue weighted by atomic mass is 28.3. The first-order valence-corrected chi connectivity index (χ1v) is 21.8. The van der Waals surface area contributed by atoms with E-state index in [1.807, 2.05) is 4.98 Å². The number of H-pyrrole nitrogens is 2. The molecule has 0 aliphatic carbocycles. The molecule has 7 atom stereocenters. The minimum Gasteiger partial charge on any atom is -0.394 e. The van der Waals surface area contributed by atoms with Crippen LogP contribution in [-0.4, -0.2) is 91.5 Å². The lowest BCUT2D eigenvalue weighted by Crippen LogP contribution is -2.69. The molecular formula is C30H50F2N4O10Si2. The monoisotopic (exact) mass is 720 g/mol. The number of nitrogens with one attached hydrogen (secondary N) is 2. The maximum atomic E-state index is 14.0. The zero-order chi connectivity index (χ0) is 36.9. The van der Waals surface area contributed by atoms with Gasteiger partial charge in [-0.2, -0.15) is 8.78 Å². The van der Waals surface area contributed by atoms with Gasteiger partial charge in [0.2, 0.25) is 11.6 Å². The van der Waals surface area contributed by atoms with E-state index in [9.17, 15) is 43.3 Å². The Labute approximate surface area is 278 Å². The minimum atomic E-state index is -2.56. The van der Waals surface area contributed by atoms with Crippen LogP contribution in [-0.2, 0) is 9.47 Å². The molecule has 2 saturated heterocycles. The fraction of sp³-hybridized carbons (Fsp3) is 0.733. The van der Waals surface area contributed by atoms with E-state index in [1.165, 1.54) is 0 Å². The largest absolute Gasteiger partial charge is 0.394 e. The van der Waals surface area contributed by atoms with Crippen LogP contribution in [0.2, 0.25) is 36.3 Å². The fourth-order valence-electron chi connectivity index (χ4n) is 5.69. The van der Waals surface area contributed by atoms with Gasteiger partial charge in [0.15, 0.2) is 0 Å². The summed E-state index contributed by atoms with van der Waals surface area (Å²) in [5, 5.41) is 40.3. The highest BCUT2D eigenvalue weighted by Crippen LogP contribution is 2.54. The van der Waals surface area contributed by atoms with Crippen molar-refractivity contribution in [1.82, 2.24) is 19.1 Å². The van der Waals surface area contributed by atoms with Gasteiger partial charge in [-0.05, 0) is 10.1 Å². The van der Waals surface area contributed by atoms with E-state index < -0.39 is 98.6 Å². The van der Waals surface area contributed by atoms with Crippen LogP contribution in [0.3, 0.4) is 0 Å². The average Bonchev–Trinajstić information content (AvgIpc) is 3.51. The summed E-state index contributed by atoms with van der Waals surface area (Å²) in [5.74, 6) is -2.22. The standard InChI is InChI=1S/C21H39FN2O5Si2.C9H11FN2O5/c1-19(2,3)30(7,8)17(26)15-21(28,31(9,10)20(4,5)6)11-14(29-15)24-12-13(22)16(25)23-18(24)27;10-4-2-12(9(16)11-8(4)15)7-1-5(14)6(3-13)17-7/h12,14-15,17,26,28H,11H2,1-10H3,(H,23,25,27);2,5-7,13-14H,1,3H2,(H,11,15,16)/t14-,15-,17?,21-;5-,6+,7+/m10/s1. The third-order valence-corrected chi connectivity index (χ3v) is 23.1. The molecule has 0 spiro atoms. The van der Waals surface area contributed by atoms with Crippen molar-refractivity contribution >= 4 is 16.1 Å². The van der Waals surface area contributed by atoms with Crippen molar-refractivity contribution in [3.05, 3.63) is 65.7 Å². The van der Waals surface area contributed by atoms with Gasteiger partial charge in [-0.25, -0.2) is 9.59 Å². The highest BCUT2D eigenvalue weighted by Gasteiger charge is 2.65. The maximum absolute atomic E-state index is 14.0. The van der Waals surface area contributed by atoms with Crippen LogP contribution in [0.15, 0.2) is 31.6 Å². The maximum Gasteiger partial charge on any atom is 0.330 e. The van der Waals surface area contributed by atoms with E-state index in [0.717, 1.165) is 21.5 Å². The van der Waals surface area contributed by atoms with Crippen molar-refractivity contribution < 1.29 is 38.7 Å². The second-order valence-corrected chi connectivity index (χ2v) is 27.0. The predicted molar refractivity (Wildman–Crippen MR) is 178 cm³/mol. The molecule has 18 heteroatoms. The molecule has 1 unspecified atom stereocenters. The molecule has 0 bridgehead atoms. The van der Waals surface area contributed by atoms with Gasteiger partial charge in [0.05, 0.1) is 52.2 Å². The summed E-state index contributed by atoms with van der Waals surface area (Å²) in [6.07, 6.45) is -2.97. The van der Waals surface area contributed by atoms with Gasteiger partial charge in [-0.15, -0.1) is 0 Å². The number of nitrogens with zero attached hydrogens (tertiary/aromatic N) is 2. The number of hydrogen-bond donors (Lipinski definition) is 6. The van der Waals surface area contributed by atoms with Gasteiger partial charge < -0.3 is 29.9 Å². The summed E-state index contributed by atoms with van der Waals surface area (Å²) >= 11 is 0. The quantitative estimate of drug-likeness (QED) is 0.237. The molecule has 272 valence electrons. The Morgan fingerprint density at radius 2 is 1.35 bits per heavy atom. The van der Waals surface area contributed by atoms with Gasteiger partial charge in [-0.3, -0.25) is 28.7 Å². The molecule has 2 aromatic heterocycles. The van der Waals surface area contributed by atoms with Crippen molar-refractivity contribution in [2.45, 2.75) is 132 Å². The zero-order valence-corrected chi connectivity index (χ0v) is 31.1. The first-order chi connectivity index (χ1) is 21.7. The molecule has 14 nitrogen and oxygen atoms in total. The topological polar surface area (TPSA) is 209 Å². The van der Waals surface area contributed by atoms with Crippen LogP contribution in [0.5, 0.6) is 0 Å². The molecule has 2 fully saturated rings. The number of rotatable bonds is 6. The van der Waals surface area contributed by atoms with Crippen molar-refractivity contribution in [2.24, 2.45) is 0 Å². The molecule has 0 amide bonds. The zero-order valence-electron chi connectivity index (χ0n) is 29.1. The molecular weight excluding hydrogens is 671 g/mol. The van der Waals surface area contributed by atoms with Crippen LogP contribution in [0.25, 0.3) is 0 Å². The first kappa shape index (κ1) is 39.8. The summed E-state index contributed by atoms with van der Waals surface area (Å²) in [6, 6.07) is 0. The lowest BCUT2D eigenvalue weighted by Gasteiger charge is -2.52. The van der Waals surface area contributed by atoms with E-state index in [2.05, 4.69) is 67.7 Å².